The summed E-state index contributed by atoms with van der Waals surface area (Å²) in [5.41, 5.74) is -0.613. The van der Waals surface area contributed by atoms with E-state index in [1.54, 1.807) is 0 Å². The third-order valence-electron chi connectivity index (χ3n) is 1.55. The van der Waals surface area contributed by atoms with Gasteiger partial charge in [-0.2, -0.15) is 0 Å². The highest BCUT2D eigenvalue weighted by Crippen LogP contribution is 2.26. The van der Waals surface area contributed by atoms with Gasteiger partial charge in [-0.25, -0.2) is 13.6 Å². The summed E-state index contributed by atoms with van der Waals surface area (Å²) >= 11 is 2.69. The number of carbonyl (C=O) groups is 1. The van der Waals surface area contributed by atoms with Crippen LogP contribution in [0.1, 0.15) is 15.9 Å². The van der Waals surface area contributed by atoms with Crippen LogP contribution in [0.3, 0.4) is 0 Å². The first-order valence-electron chi connectivity index (χ1n) is 3.32. The first-order chi connectivity index (χ1) is 5.95. The van der Waals surface area contributed by atoms with E-state index >= 15 is 0 Å². The average molecular weight is 251 g/mol. The molecule has 0 amide bonds. The van der Waals surface area contributed by atoms with Crippen molar-refractivity contribution in [3.05, 3.63) is 33.3 Å². The van der Waals surface area contributed by atoms with Gasteiger partial charge < -0.3 is 5.11 Å². The highest BCUT2D eigenvalue weighted by atomic mass is 79.9. The highest BCUT2D eigenvalue weighted by Gasteiger charge is 2.19. The minimum absolute atomic E-state index is 0.0642. The van der Waals surface area contributed by atoms with Gasteiger partial charge in [-0.3, -0.25) is 0 Å². The molecule has 0 fully saturated rings. The lowest BCUT2D eigenvalue weighted by molar-refractivity contribution is 0.0690. The molecule has 1 N–H and O–H groups in total. The van der Waals surface area contributed by atoms with Crippen LogP contribution in [0.4, 0.5) is 8.78 Å². The zero-order valence-corrected chi connectivity index (χ0v) is 8.15. The van der Waals surface area contributed by atoms with Crippen LogP contribution in [0.25, 0.3) is 0 Å². The fraction of sp³-hybridized carbons (Fsp3) is 0.125. The lowest BCUT2D eigenvalue weighted by Gasteiger charge is -2.04. The third-order valence-corrected chi connectivity index (χ3v) is 2.30. The van der Waals surface area contributed by atoms with E-state index in [4.69, 9.17) is 5.11 Å². The van der Waals surface area contributed by atoms with Crippen LogP contribution in [0.15, 0.2) is 10.5 Å². The molecule has 13 heavy (non-hydrogen) atoms. The Balaban J connectivity index is 3.53. The number of benzene rings is 1. The van der Waals surface area contributed by atoms with Crippen LogP contribution >= 0.6 is 15.9 Å². The standard InChI is InChI=1S/C8H5BrF2O2/c1-3-2-4(10)5(8(12)13)6(9)7(3)11/h2H,1H3,(H,12,13). The Kier molecular flexibility index (Phi) is 2.66. The van der Waals surface area contributed by atoms with E-state index in [9.17, 15) is 13.6 Å². The molecule has 0 bridgehead atoms. The average Bonchev–Trinajstić information content (AvgIpc) is 1.99. The monoisotopic (exact) mass is 250 g/mol. The maximum Gasteiger partial charge on any atom is 0.339 e. The molecule has 70 valence electrons. The fourth-order valence-corrected chi connectivity index (χ4v) is 1.58. The van der Waals surface area contributed by atoms with Crippen molar-refractivity contribution in [2.45, 2.75) is 6.92 Å². The van der Waals surface area contributed by atoms with E-state index in [2.05, 4.69) is 15.9 Å². The predicted molar refractivity (Wildman–Crippen MR) is 45.8 cm³/mol. The lowest BCUT2D eigenvalue weighted by atomic mass is 10.1. The number of hydrogen-bond acceptors (Lipinski definition) is 1. The summed E-state index contributed by atoms with van der Waals surface area (Å²) in [4.78, 5) is 10.5. The molecule has 0 radical (unpaired) electrons. The Morgan fingerprint density at radius 1 is 1.54 bits per heavy atom. The molecule has 1 rings (SSSR count). The molecule has 0 aromatic heterocycles. The Bertz CT molecular complexity index is 377. The topological polar surface area (TPSA) is 37.3 Å². The number of rotatable bonds is 1. The van der Waals surface area contributed by atoms with Gasteiger partial charge in [0.05, 0.1) is 4.47 Å². The zero-order valence-electron chi connectivity index (χ0n) is 6.57. The molecule has 0 aliphatic rings. The van der Waals surface area contributed by atoms with E-state index in [0.29, 0.717) is 0 Å². The molecule has 1 aromatic rings. The maximum absolute atomic E-state index is 13.1. The first kappa shape index (κ1) is 10.1. The number of carboxylic acids is 1. The van der Waals surface area contributed by atoms with Gasteiger partial charge in [0.25, 0.3) is 0 Å². The van der Waals surface area contributed by atoms with Gasteiger partial charge in [-0.15, -0.1) is 0 Å². The molecule has 0 heterocycles. The van der Waals surface area contributed by atoms with Crippen LogP contribution in [0.2, 0.25) is 0 Å². The summed E-state index contributed by atoms with van der Waals surface area (Å²) < 4.78 is 25.7. The van der Waals surface area contributed by atoms with Crippen LogP contribution in [-0.2, 0) is 0 Å². The highest BCUT2D eigenvalue weighted by molar-refractivity contribution is 9.10. The fourth-order valence-electron chi connectivity index (χ4n) is 0.909. The van der Waals surface area contributed by atoms with Crippen LogP contribution in [0.5, 0.6) is 0 Å². The molecule has 0 spiro atoms. The molecule has 0 aliphatic carbocycles. The Labute approximate surface area is 81.3 Å². The molecule has 2 nitrogen and oxygen atoms in total. The SMILES string of the molecule is Cc1cc(F)c(C(=O)O)c(Br)c1F. The van der Waals surface area contributed by atoms with E-state index in [-0.39, 0.29) is 10.0 Å². The summed E-state index contributed by atoms with van der Waals surface area (Å²) in [6.07, 6.45) is 0. The second-order valence-electron chi connectivity index (χ2n) is 2.48. The van der Waals surface area contributed by atoms with Crippen molar-refractivity contribution >= 4 is 21.9 Å². The van der Waals surface area contributed by atoms with Crippen molar-refractivity contribution in [2.75, 3.05) is 0 Å². The van der Waals surface area contributed by atoms with E-state index in [0.717, 1.165) is 6.07 Å². The summed E-state index contributed by atoms with van der Waals surface area (Å²) in [6.45, 7) is 1.36. The Hall–Kier alpha value is -0.970. The number of aryl methyl sites for hydroxylation is 1. The van der Waals surface area contributed by atoms with Gasteiger partial charge in [0.1, 0.15) is 17.2 Å². The second kappa shape index (κ2) is 3.41. The van der Waals surface area contributed by atoms with Gasteiger partial charge in [0, 0.05) is 0 Å². The molecule has 0 saturated carbocycles. The van der Waals surface area contributed by atoms with Crippen LogP contribution < -0.4 is 0 Å². The predicted octanol–water partition coefficient (Wildman–Crippen LogP) is 2.73. The first-order valence-corrected chi connectivity index (χ1v) is 4.12. The van der Waals surface area contributed by atoms with Crippen molar-refractivity contribution in [3.8, 4) is 0 Å². The van der Waals surface area contributed by atoms with Crippen molar-refractivity contribution in [3.63, 3.8) is 0 Å². The van der Waals surface area contributed by atoms with E-state index in [1.165, 1.54) is 6.92 Å². The lowest BCUT2D eigenvalue weighted by Crippen LogP contribution is -2.04. The van der Waals surface area contributed by atoms with Gasteiger partial charge in [0.15, 0.2) is 0 Å². The summed E-state index contributed by atoms with van der Waals surface area (Å²) in [6, 6.07) is 0.851. The largest absolute Gasteiger partial charge is 0.478 e. The molecule has 0 unspecified atom stereocenters. The zero-order chi connectivity index (χ0) is 10.2. The summed E-state index contributed by atoms with van der Waals surface area (Å²) in [5, 5.41) is 8.53. The molecular formula is C8H5BrF2O2. The molecule has 1 aromatic carbocycles. The van der Waals surface area contributed by atoms with E-state index in [1.807, 2.05) is 0 Å². The van der Waals surface area contributed by atoms with Crippen LogP contribution in [-0.4, -0.2) is 11.1 Å². The van der Waals surface area contributed by atoms with Crippen molar-refractivity contribution < 1.29 is 18.7 Å². The van der Waals surface area contributed by atoms with Gasteiger partial charge in [0.2, 0.25) is 0 Å². The Morgan fingerprint density at radius 2 is 2.08 bits per heavy atom. The quantitative estimate of drug-likeness (QED) is 0.779. The van der Waals surface area contributed by atoms with Crippen molar-refractivity contribution in [2.24, 2.45) is 0 Å². The van der Waals surface area contributed by atoms with Crippen molar-refractivity contribution in [1.29, 1.82) is 0 Å². The minimum atomic E-state index is -1.50. The Morgan fingerprint density at radius 3 is 2.54 bits per heavy atom. The van der Waals surface area contributed by atoms with Gasteiger partial charge >= 0.3 is 5.97 Å². The molecule has 0 aliphatic heterocycles. The van der Waals surface area contributed by atoms with Crippen molar-refractivity contribution in [1.82, 2.24) is 0 Å². The number of carboxylic acid groups (broad SMARTS) is 1. The van der Waals surface area contributed by atoms with Gasteiger partial charge in [-0.05, 0) is 34.5 Å². The molecular weight excluding hydrogens is 246 g/mol. The normalized spacial score (nSPS) is 10.2. The van der Waals surface area contributed by atoms with E-state index < -0.39 is 23.2 Å². The van der Waals surface area contributed by atoms with Gasteiger partial charge in [-0.1, -0.05) is 0 Å². The molecule has 0 saturated heterocycles. The summed E-state index contributed by atoms with van der Waals surface area (Å²) in [7, 11) is 0. The molecule has 5 heteroatoms. The number of halogens is 3. The second-order valence-corrected chi connectivity index (χ2v) is 3.28. The van der Waals surface area contributed by atoms with Crippen LogP contribution in [0, 0.1) is 18.6 Å². The number of hydrogen-bond donors (Lipinski definition) is 1. The molecule has 0 atom stereocenters. The summed E-state index contributed by atoms with van der Waals surface area (Å²) in [5.74, 6) is -3.19. The minimum Gasteiger partial charge on any atom is -0.478 e. The third kappa shape index (κ3) is 1.70. The smallest absolute Gasteiger partial charge is 0.339 e. The number of aromatic carboxylic acids is 1. The maximum atomic E-state index is 13.1.